The molecule has 0 saturated carbocycles. The van der Waals surface area contributed by atoms with Gasteiger partial charge >= 0.3 is 0 Å². The molecule has 1 nitrogen and oxygen atoms in total. The van der Waals surface area contributed by atoms with Gasteiger partial charge in [0.25, 0.3) is 0 Å². The van der Waals surface area contributed by atoms with Crippen LogP contribution in [0.3, 0.4) is 0 Å². The molecule has 0 aliphatic heterocycles. The van der Waals surface area contributed by atoms with Crippen LogP contribution >= 0.6 is 0 Å². The predicted octanol–water partition coefficient (Wildman–Crippen LogP) is 5.68. The Morgan fingerprint density at radius 3 is 1.74 bits per heavy atom. The van der Waals surface area contributed by atoms with Crippen LogP contribution in [0.15, 0.2) is 73.3 Å². The highest BCUT2D eigenvalue weighted by Gasteiger charge is 2.19. The fourth-order valence-electron chi connectivity index (χ4n) is 3.08. The number of nitrogens with zero attached hydrogens (tertiary/aromatic N) is 1. The first-order valence-electron chi connectivity index (χ1n) is 8.62. The Kier molecular flexibility index (Phi) is 7.09. The second kappa shape index (κ2) is 9.32. The number of hydrogen-bond donors (Lipinski definition) is 0. The maximum absolute atomic E-state index is 3.98. The first-order chi connectivity index (χ1) is 11.2. The molecule has 0 N–H and O–H groups in total. The molecule has 23 heavy (non-hydrogen) atoms. The van der Waals surface area contributed by atoms with Gasteiger partial charge in [0.1, 0.15) is 0 Å². The molecular weight excluding hydrogens is 278 g/mol. The largest absolute Gasteiger partial charge is 0.292 e. The van der Waals surface area contributed by atoms with Crippen LogP contribution in [0.1, 0.15) is 37.8 Å². The van der Waals surface area contributed by atoms with Gasteiger partial charge in [-0.1, -0.05) is 80.6 Å². The minimum atomic E-state index is 0.535. The Balaban J connectivity index is 2.19. The van der Waals surface area contributed by atoms with Crippen LogP contribution in [0.2, 0.25) is 0 Å². The van der Waals surface area contributed by atoms with Crippen molar-refractivity contribution in [2.45, 2.75) is 45.8 Å². The Labute approximate surface area is 141 Å². The fourth-order valence-corrected chi connectivity index (χ4v) is 3.08. The lowest BCUT2D eigenvalue weighted by Crippen LogP contribution is -2.35. The number of rotatable bonds is 9. The third-order valence-corrected chi connectivity index (χ3v) is 4.16. The zero-order valence-electron chi connectivity index (χ0n) is 14.5. The molecular formula is C22H29N. The van der Waals surface area contributed by atoms with Gasteiger partial charge in [-0.3, -0.25) is 4.90 Å². The van der Waals surface area contributed by atoms with Crippen molar-refractivity contribution in [2.75, 3.05) is 0 Å². The lowest BCUT2D eigenvalue weighted by atomic mass is 9.98. The smallest absolute Gasteiger partial charge is 0.0240 e. The maximum Gasteiger partial charge on any atom is 0.0240 e. The molecule has 0 bridgehead atoms. The zero-order valence-corrected chi connectivity index (χ0v) is 14.5. The summed E-state index contributed by atoms with van der Waals surface area (Å²) in [5, 5.41) is 0. The van der Waals surface area contributed by atoms with Crippen LogP contribution in [0.4, 0.5) is 0 Å². The molecule has 0 aliphatic carbocycles. The molecule has 0 heterocycles. The number of hydrogen-bond acceptors (Lipinski definition) is 1. The first-order valence-corrected chi connectivity index (χ1v) is 8.62. The summed E-state index contributed by atoms with van der Waals surface area (Å²) in [5.74, 6) is 0.689. The van der Waals surface area contributed by atoms with E-state index in [-0.39, 0.29) is 0 Å². The maximum atomic E-state index is 3.98. The van der Waals surface area contributed by atoms with Crippen molar-refractivity contribution in [3.8, 4) is 0 Å². The first kappa shape index (κ1) is 17.5. The summed E-state index contributed by atoms with van der Waals surface area (Å²) >= 11 is 0. The van der Waals surface area contributed by atoms with Gasteiger partial charge < -0.3 is 0 Å². The van der Waals surface area contributed by atoms with Gasteiger partial charge in [0.15, 0.2) is 0 Å². The Morgan fingerprint density at radius 1 is 0.870 bits per heavy atom. The molecule has 0 fully saturated rings. The lowest BCUT2D eigenvalue weighted by Gasteiger charge is -2.32. The summed E-state index contributed by atoms with van der Waals surface area (Å²) < 4.78 is 0. The van der Waals surface area contributed by atoms with Crippen molar-refractivity contribution in [3.05, 3.63) is 84.4 Å². The van der Waals surface area contributed by atoms with Crippen molar-refractivity contribution in [1.82, 2.24) is 4.90 Å². The quantitative estimate of drug-likeness (QED) is 0.539. The average Bonchev–Trinajstić information content (AvgIpc) is 2.55. The van der Waals surface area contributed by atoms with Gasteiger partial charge in [-0.2, -0.15) is 0 Å². The molecule has 1 unspecified atom stereocenters. The molecule has 0 saturated heterocycles. The Hall–Kier alpha value is -1.86. The standard InChI is InChI=1S/C22H29N/c1-4-11-22(16-19(2)3)23(17-20-12-7-5-8-13-20)18-21-14-9-6-10-15-21/h4-10,12-15,19,22H,1,11,16-18H2,2-3H3. The van der Waals surface area contributed by atoms with Crippen molar-refractivity contribution in [3.63, 3.8) is 0 Å². The zero-order chi connectivity index (χ0) is 16.5. The molecule has 0 amide bonds. The Bertz CT molecular complexity index is 518. The predicted molar refractivity (Wildman–Crippen MR) is 100 cm³/mol. The van der Waals surface area contributed by atoms with Crippen LogP contribution in [0, 0.1) is 5.92 Å². The average molecular weight is 307 g/mol. The van der Waals surface area contributed by atoms with Gasteiger partial charge in [0, 0.05) is 19.1 Å². The normalized spacial score (nSPS) is 12.5. The monoisotopic (exact) mass is 307 g/mol. The summed E-state index contributed by atoms with van der Waals surface area (Å²) in [4.78, 5) is 2.60. The van der Waals surface area contributed by atoms with Gasteiger partial charge in [-0.05, 0) is 29.9 Å². The third kappa shape index (κ3) is 6.03. The summed E-state index contributed by atoms with van der Waals surface area (Å²) in [7, 11) is 0. The summed E-state index contributed by atoms with van der Waals surface area (Å²) in [6, 6.07) is 22.1. The number of benzene rings is 2. The molecule has 122 valence electrons. The molecule has 2 aromatic rings. The van der Waals surface area contributed by atoms with Crippen LogP contribution in [-0.4, -0.2) is 10.9 Å². The molecule has 0 aliphatic rings. The SMILES string of the molecule is C=CCC(CC(C)C)N(Cc1ccccc1)Cc1ccccc1. The van der Waals surface area contributed by atoms with Crippen molar-refractivity contribution in [2.24, 2.45) is 5.92 Å². The van der Waals surface area contributed by atoms with Crippen LogP contribution in [0.25, 0.3) is 0 Å². The lowest BCUT2D eigenvalue weighted by molar-refractivity contribution is 0.157. The van der Waals surface area contributed by atoms with Gasteiger partial charge in [-0.25, -0.2) is 0 Å². The minimum absolute atomic E-state index is 0.535. The van der Waals surface area contributed by atoms with E-state index in [1.165, 1.54) is 17.5 Å². The van der Waals surface area contributed by atoms with E-state index in [2.05, 4.69) is 92.1 Å². The second-order valence-electron chi connectivity index (χ2n) is 6.68. The van der Waals surface area contributed by atoms with Gasteiger partial charge in [-0.15, -0.1) is 6.58 Å². The highest BCUT2D eigenvalue weighted by molar-refractivity contribution is 5.17. The van der Waals surface area contributed by atoms with Crippen molar-refractivity contribution < 1.29 is 0 Å². The molecule has 1 atom stereocenters. The van der Waals surface area contributed by atoms with Crippen LogP contribution < -0.4 is 0 Å². The second-order valence-corrected chi connectivity index (χ2v) is 6.68. The molecule has 2 aromatic carbocycles. The highest BCUT2D eigenvalue weighted by atomic mass is 15.1. The molecule has 0 radical (unpaired) electrons. The van der Waals surface area contributed by atoms with Gasteiger partial charge in [0.05, 0.1) is 0 Å². The fraction of sp³-hybridized carbons (Fsp3) is 0.364. The van der Waals surface area contributed by atoms with E-state index in [0.29, 0.717) is 12.0 Å². The summed E-state index contributed by atoms with van der Waals surface area (Å²) in [6.45, 7) is 10.6. The minimum Gasteiger partial charge on any atom is -0.292 e. The summed E-state index contributed by atoms with van der Waals surface area (Å²) in [6.07, 6.45) is 4.31. The van der Waals surface area contributed by atoms with E-state index in [0.717, 1.165) is 19.5 Å². The topological polar surface area (TPSA) is 3.24 Å². The molecule has 0 spiro atoms. The van der Waals surface area contributed by atoms with Crippen molar-refractivity contribution in [1.29, 1.82) is 0 Å². The summed E-state index contributed by atoms with van der Waals surface area (Å²) in [5.41, 5.74) is 2.75. The van der Waals surface area contributed by atoms with E-state index in [9.17, 15) is 0 Å². The van der Waals surface area contributed by atoms with Crippen LogP contribution in [-0.2, 0) is 13.1 Å². The third-order valence-electron chi connectivity index (χ3n) is 4.16. The van der Waals surface area contributed by atoms with Crippen LogP contribution in [0.5, 0.6) is 0 Å². The van der Waals surface area contributed by atoms with E-state index in [4.69, 9.17) is 0 Å². The van der Waals surface area contributed by atoms with E-state index >= 15 is 0 Å². The van der Waals surface area contributed by atoms with Crippen molar-refractivity contribution >= 4 is 0 Å². The Morgan fingerprint density at radius 2 is 1.35 bits per heavy atom. The molecule has 2 rings (SSSR count). The van der Waals surface area contributed by atoms with Gasteiger partial charge in [0.2, 0.25) is 0 Å². The molecule has 1 heteroatoms. The highest BCUT2D eigenvalue weighted by Crippen LogP contribution is 2.21. The van der Waals surface area contributed by atoms with E-state index in [1.54, 1.807) is 0 Å². The van der Waals surface area contributed by atoms with E-state index < -0.39 is 0 Å². The molecule has 0 aromatic heterocycles. The van der Waals surface area contributed by atoms with E-state index in [1.807, 2.05) is 0 Å².